The van der Waals surface area contributed by atoms with Gasteiger partial charge >= 0.3 is 0 Å². The summed E-state index contributed by atoms with van der Waals surface area (Å²) in [6, 6.07) is 1.70. The van der Waals surface area contributed by atoms with Crippen molar-refractivity contribution in [2.45, 2.75) is 26.7 Å². The Morgan fingerprint density at radius 1 is 1.44 bits per heavy atom. The molecule has 0 saturated carbocycles. The van der Waals surface area contributed by atoms with Crippen LogP contribution in [0.25, 0.3) is 0 Å². The fourth-order valence-electron chi connectivity index (χ4n) is 1.60. The average molecular weight is 252 g/mol. The average Bonchev–Trinajstić information content (AvgIpc) is 2.35. The first-order valence-corrected chi connectivity index (χ1v) is 5.98. The van der Waals surface area contributed by atoms with E-state index >= 15 is 0 Å². The van der Waals surface area contributed by atoms with Gasteiger partial charge in [0.1, 0.15) is 17.5 Å². The van der Waals surface area contributed by atoms with Gasteiger partial charge in [-0.2, -0.15) is 0 Å². The van der Waals surface area contributed by atoms with Crippen LogP contribution in [-0.2, 0) is 11.2 Å². The van der Waals surface area contributed by atoms with Crippen LogP contribution in [0.2, 0.25) is 0 Å². The van der Waals surface area contributed by atoms with E-state index in [0.29, 0.717) is 24.0 Å². The van der Waals surface area contributed by atoms with Gasteiger partial charge < -0.3 is 16.1 Å². The number of carbonyl (C=O) groups excluding carboxylic acids is 1. The molecular weight excluding hydrogens is 232 g/mol. The highest BCUT2D eigenvalue weighted by atomic mass is 16.1. The smallest absolute Gasteiger partial charge is 0.236 e. The largest absolute Gasteiger partial charge is 0.368 e. The molecule has 100 valence electrons. The number of primary amides is 1. The van der Waals surface area contributed by atoms with Crippen LogP contribution in [0.5, 0.6) is 0 Å². The number of nitrogens with one attached hydrogen (secondary N) is 1. The minimum Gasteiger partial charge on any atom is -0.368 e. The van der Waals surface area contributed by atoms with Crippen LogP contribution < -0.4 is 21.9 Å². The van der Waals surface area contributed by atoms with Crippen molar-refractivity contribution in [3.8, 4) is 0 Å². The highest BCUT2D eigenvalue weighted by molar-refractivity contribution is 5.79. The molecule has 7 nitrogen and oxygen atoms in total. The number of aryl methyl sites for hydroxylation is 1. The molecule has 0 fully saturated rings. The zero-order valence-corrected chi connectivity index (χ0v) is 10.8. The van der Waals surface area contributed by atoms with Gasteiger partial charge in [-0.3, -0.25) is 4.79 Å². The van der Waals surface area contributed by atoms with E-state index in [0.717, 1.165) is 12.8 Å². The first-order valence-electron chi connectivity index (χ1n) is 5.98. The fraction of sp³-hybridized carbons (Fsp3) is 0.545. The number of aromatic nitrogens is 2. The molecule has 0 saturated heterocycles. The number of rotatable bonds is 7. The number of nitrogens with zero attached hydrogens (tertiary/aromatic N) is 3. The van der Waals surface area contributed by atoms with Crippen molar-refractivity contribution in [2.24, 2.45) is 11.6 Å². The molecular formula is C11H20N6O. The summed E-state index contributed by atoms with van der Waals surface area (Å²) in [6.45, 7) is 4.74. The van der Waals surface area contributed by atoms with Crippen LogP contribution in [0.3, 0.4) is 0 Å². The van der Waals surface area contributed by atoms with E-state index in [1.54, 1.807) is 11.0 Å². The topological polar surface area (TPSA) is 110 Å². The first kappa shape index (κ1) is 14.2. The molecule has 1 amide bonds. The minimum atomic E-state index is -0.394. The number of hydrogen-bond donors (Lipinski definition) is 3. The van der Waals surface area contributed by atoms with Crippen LogP contribution in [0, 0.1) is 0 Å². The summed E-state index contributed by atoms with van der Waals surface area (Å²) in [5.74, 6) is 6.87. The van der Waals surface area contributed by atoms with Gasteiger partial charge in [-0.1, -0.05) is 6.92 Å². The summed E-state index contributed by atoms with van der Waals surface area (Å²) in [4.78, 5) is 21.4. The Morgan fingerprint density at radius 2 is 2.17 bits per heavy atom. The lowest BCUT2D eigenvalue weighted by Crippen LogP contribution is -2.34. The van der Waals surface area contributed by atoms with Gasteiger partial charge in [0.05, 0.1) is 6.54 Å². The predicted molar refractivity (Wildman–Crippen MR) is 70.9 cm³/mol. The van der Waals surface area contributed by atoms with Crippen LogP contribution >= 0.6 is 0 Å². The predicted octanol–water partition coefficient (Wildman–Crippen LogP) is 0.0263. The lowest BCUT2D eigenvalue weighted by molar-refractivity contribution is -0.116. The molecule has 1 aromatic heterocycles. The van der Waals surface area contributed by atoms with E-state index in [1.807, 2.05) is 13.8 Å². The molecule has 0 aromatic carbocycles. The van der Waals surface area contributed by atoms with Gasteiger partial charge in [-0.25, -0.2) is 15.8 Å². The summed E-state index contributed by atoms with van der Waals surface area (Å²) in [7, 11) is 0. The second kappa shape index (κ2) is 6.75. The Labute approximate surface area is 107 Å². The zero-order chi connectivity index (χ0) is 13.5. The molecule has 1 aromatic rings. The first-order chi connectivity index (χ1) is 8.60. The molecule has 0 spiro atoms. The summed E-state index contributed by atoms with van der Waals surface area (Å²) >= 11 is 0. The van der Waals surface area contributed by atoms with E-state index < -0.39 is 5.91 Å². The van der Waals surface area contributed by atoms with Crippen molar-refractivity contribution < 1.29 is 4.79 Å². The van der Waals surface area contributed by atoms with Crippen LogP contribution in [0.15, 0.2) is 6.07 Å². The number of nitrogen functional groups attached to an aromatic ring is 1. The maximum absolute atomic E-state index is 11.0. The number of hydrazine groups is 1. The van der Waals surface area contributed by atoms with Gasteiger partial charge in [0.25, 0.3) is 0 Å². The third kappa shape index (κ3) is 3.85. The summed E-state index contributed by atoms with van der Waals surface area (Å²) < 4.78 is 0. The Balaban J connectivity index is 3.04. The molecule has 1 heterocycles. The SMILES string of the molecule is CCCc1nc(NN)cc(N(CC)CC(N)=O)n1. The van der Waals surface area contributed by atoms with Gasteiger partial charge in [-0.15, -0.1) is 0 Å². The highest BCUT2D eigenvalue weighted by Crippen LogP contribution is 2.15. The van der Waals surface area contributed by atoms with Gasteiger partial charge in [0, 0.05) is 19.0 Å². The molecule has 0 aliphatic rings. The van der Waals surface area contributed by atoms with E-state index in [9.17, 15) is 4.79 Å². The number of hydrogen-bond acceptors (Lipinski definition) is 6. The second-order valence-corrected chi connectivity index (χ2v) is 3.90. The molecule has 7 heteroatoms. The molecule has 0 aliphatic heterocycles. The Hall–Kier alpha value is -1.89. The summed E-state index contributed by atoms with van der Waals surface area (Å²) in [6.07, 6.45) is 1.70. The van der Waals surface area contributed by atoms with E-state index in [-0.39, 0.29) is 6.54 Å². The van der Waals surface area contributed by atoms with Crippen LogP contribution in [0.1, 0.15) is 26.1 Å². The van der Waals surface area contributed by atoms with Crippen molar-refractivity contribution in [1.29, 1.82) is 0 Å². The van der Waals surface area contributed by atoms with E-state index in [2.05, 4.69) is 15.4 Å². The molecule has 18 heavy (non-hydrogen) atoms. The monoisotopic (exact) mass is 252 g/mol. The van der Waals surface area contributed by atoms with Gasteiger partial charge in [0.2, 0.25) is 5.91 Å². The highest BCUT2D eigenvalue weighted by Gasteiger charge is 2.11. The summed E-state index contributed by atoms with van der Waals surface area (Å²) in [5, 5.41) is 0. The Morgan fingerprint density at radius 3 is 2.67 bits per heavy atom. The number of anilines is 2. The van der Waals surface area contributed by atoms with Crippen molar-refractivity contribution in [1.82, 2.24) is 9.97 Å². The number of likely N-dealkylation sites (N-methyl/N-ethyl adjacent to an activating group) is 1. The van der Waals surface area contributed by atoms with Crippen LogP contribution in [0.4, 0.5) is 11.6 Å². The normalized spacial score (nSPS) is 10.2. The van der Waals surface area contributed by atoms with Crippen molar-refractivity contribution in [2.75, 3.05) is 23.4 Å². The molecule has 0 unspecified atom stereocenters. The number of nitrogens with two attached hydrogens (primary N) is 2. The fourth-order valence-corrected chi connectivity index (χ4v) is 1.60. The molecule has 0 bridgehead atoms. The molecule has 0 aliphatic carbocycles. The van der Waals surface area contributed by atoms with Crippen molar-refractivity contribution >= 4 is 17.5 Å². The summed E-state index contributed by atoms with van der Waals surface area (Å²) in [5.41, 5.74) is 7.71. The standard InChI is InChI=1S/C11H20N6O/c1-3-5-9-14-10(16-13)6-11(15-9)17(4-2)7-8(12)18/h6H,3-5,7,13H2,1-2H3,(H2,12,18)(H,14,15,16). The van der Waals surface area contributed by atoms with E-state index in [1.165, 1.54) is 0 Å². The second-order valence-electron chi connectivity index (χ2n) is 3.90. The third-order valence-corrected chi connectivity index (χ3v) is 2.43. The minimum absolute atomic E-state index is 0.128. The lowest BCUT2D eigenvalue weighted by Gasteiger charge is -2.21. The van der Waals surface area contributed by atoms with E-state index in [4.69, 9.17) is 11.6 Å². The Kier molecular flexibility index (Phi) is 5.31. The Bertz CT molecular complexity index is 409. The number of amides is 1. The lowest BCUT2D eigenvalue weighted by atomic mass is 10.3. The molecule has 5 N–H and O–H groups in total. The molecule has 1 rings (SSSR count). The molecule has 0 atom stereocenters. The van der Waals surface area contributed by atoms with Crippen LogP contribution in [-0.4, -0.2) is 29.0 Å². The quantitative estimate of drug-likeness (QED) is 0.466. The third-order valence-electron chi connectivity index (χ3n) is 2.43. The number of carbonyl (C=O) groups is 1. The zero-order valence-electron chi connectivity index (χ0n) is 10.8. The molecule has 0 radical (unpaired) electrons. The van der Waals surface area contributed by atoms with Gasteiger partial charge in [-0.05, 0) is 13.3 Å². The van der Waals surface area contributed by atoms with Crippen molar-refractivity contribution in [3.63, 3.8) is 0 Å². The maximum Gasteiger partial charge on any atom is 0.236 e. The van der Waals surface area contributed by atoms with Gasteiger partial charge in [0.15, 0.2) is 0 Å². The maximum atomic E-state index is 11.0. The van der Waals surface area contributed by atoms with Crippen molar-refractivity contribution in [3.05, 3.63) is 11.9 Å².